The molecule has 2 rings (SSSR count). The van der Waals surface area contributed by atoms with Crippen molar-refractivity contribution in [1.29, 1.82) is 5.26 Å². The summed E-state index contributed by atoms with van der Waals surface area (Å²) in [6.07, 6.45) is 8.11. The van der Waals surface area contributed by atoms with Crippen LogP contribution in [0.2, 0.25) is 0 Å². The van der Waals surface area contributed by atoms with Crippen molar-refractivity contribution in [2.45, 2.75) is 58.4 Å². The van der Waals surface area contributed by atoms with Crippen molar-refractivity contribution in [2.24, 2.45) is 5.73 Å². The molecule has 0 unspecified atom stereocenters. The summed E-state index contributed by atoms with van der Waals surface area (Å²) < 4.78 is 2.14. The average Bonchev–Trinajstić information content (AvgIpc) is 2.77. The zero-order chi connectivity index (χ0) is 15.2. The number of hydrogen-bond donors (Lipinski definition) is 1. The van der Waals surface area contributed by atoms with Gasteiger partial charge in [0, 0.05) is 25.8 Å². The zero-order valence-corrected chi connectivity index (χ0v) is 12.6. The molecular formula is C16H22N4O. The lowest BCUT2D eigenvalue weighted by atomic mass is 10.0. The molecule has 2 N–H and O–H groups in total. The number of hydrogen-bond acceptors (Lipinski definition) is 3. The van der Waals surface area contributed by atoms with E-state index in [0.29, 0.717) is 18.5 Å². The highest BCUT2D eigenvalue weighted by Crippen LogP contribution is 2.22. The van der Waals surface area contributed by atoms with Gasteiger partial charge in [-0.1, -0.05) is 18.6 Å². The van der Waals surface area contributed by atoms with Crippen molar-refractivity contribution in [1.82, 2.24) is 9.55 Å². The summed E-state index contributed by atoms with van der Waals surface area (Å²) in [7, 11) is 0. The van der Waals surface area contributed by atoms with Crippen LogP contribution < -0.4 is 5.73 Å². The SMILES string of the molecule is CC/C1=C/Cc2c(C(N)=O)nc(CCCC#N)n2CCC1. The number of rotatable bonds is 5. The minimum atomic E-state index is -0.461. The fourth-order valence-electron chi connectivity index (χ4n) is 2.85. The van der Waals surface area contributed by atoms with E-state index in [1.165, 1.54) is 5.57 Å². The van der Waals surface area contributed by atoms with Gasteiger partial charge in [0.2, 0.25) is 0 Å². The number of amides is 1. The Morgan fingerprint density at radius 1 is 1.57 bits per heavy atom. The van der Waals surface area contributed by atoms with Crippen molar-refractivity contribution in [3.8, 4) is 6.07 Å². The topological polar surface area (TPSA) is 84.7 Å². The Morgan fingerprint density at radius 3 is 3.05 bits per heavy atom. The average molecular weight is 286 g/mol. The molecule has 1 aliphatic rings. The van der Waals surface area contributed by atoms with Crippen molar-refractivity contribution >= 4 is 5.91 Å². The minimum absolute atomic E-state index is 0.399. The van der Waals surface area contributed by atoms with Gasteiger partial charge in [0.15, 0.2) is 0 Å². The quantitative estimate of drug-likeness (QED) is 0.666. The van der Waals surface area contributed by atoms with Gasteiger partial charge in [-0.15, -0.1) is 0 Å². The lowest BCUT2D eigenvalue weighted by Gasteiger charge is -2.15. The second-order valence-electron chi connectivity index (χ2n) is 5.37. The molecule has 0 saturated heterocycles. The highest BCUT2D eigenvalue weighted by Gasteiger charge is 2.20. The van der Waals surface area contributed by atoms with Crippen LogP contribution in [0.5, 0.6) is 0 Å². The number of nitrogens with two attached hydrogens (primary N) is 1. The largest absolute Gasteiger partial charge is 0.364 e. The first kappa shape index (κ1) is 15.3. The van der Waals surface area contributed by atoms with E-state index in [0.717, 1.165) is 50.2 Å². The molecule has 0 spiro atoms. The third kappa shape index (κ3) is 3.52. The van der Waals surface area contributed by atoms with Crippen LogP contribution in [0.15, 0.2) is 11.6 Å². The normalized spacial score (nSPS) is 17.0. The monoisotopic (exact) mass is 286 g/mol. The van der Waals surface area contributed by atoms with E-state index in [4.69, 9.17) is 11.0 Å². The molecule has 1 amide bonds. The van der Waals surface area contributed by atoms with Gasteiger partial charge >= 0.3 is 0 Å². The maximum Gasteiger partial charge on any atom is 0.269 e. The van der Waals surface area contributed by atoms with Crippen LogP contribution in [0.4, 0.5) is 0 Å². The number of aromatic nitrogens is 2. The molecule has 5 heteroatoms. The van der Waals surface area contributed by atoms with Gasteiger partial charge in [0.25, 0.3) is 5.91 Å². The summed E-state index contributed by atoms with van der Waals surface area (Å²) in [6, 6.07) is 2.15. The molecule has 0 saturated carbocycles. The van der Waals surface area contributed by atoms with Crippen LogP contribution in [-0.2, 0) is 19.4 Å². The number of carbonyl (C=O) groups excluding carboxylic acids is 1. The summed E-state index contributed by atoms with van der Waals surface area (Å²) in [4.78, 5) is 16.1. The summed E-state index contributed by atoms with van der Waals surface area (Å²) in [5.74, 6) is 0.430. The smallest absolute Gasteiger partial charge is 0.269 e. The molecule has 5 nitrogen and oxygen atoms in total. The molecule has 1 aromatic heterocycles. The Kier molecular flexibility index (Phi) is 5.15. The Bertz CT molecular complexity index is 592. The van der Waals surface area contributed by atoms with Crippen molar-refractivity contribution in [3.05, 3.63) is 28.9 Å². The van der Waals surface area contributed by atoms with E-state index in [9.17, 15) is 4.79 Å². The highest BCUT2D eigenvalue weighted by molar-refractivity contribution is 5.92. The molecule has 0 radical (unpaired) electrons. The molecular weight excluding hydrogens is 264 g/mol. The van der Waals surface area contributed by atoms with Crippen LogP contribution in [0.3, 0.4) is 0 Å². The Balaban J connectivity index is 2.34. The first-order chi connectivity index (χ1) is 10.2. The molecule has 112 valence electrons. The van der Waals surface area contributed by atoms with Crippen LogP contribution in [-0.4, -0.2) is 15.5 Å². The fourth-order valence-corrected chi connectivity index (χ4v) is 2.85. The summed E-state index contributed by atoms with van der Waals surface area (Å²) in [5, 5.41) is 8.66. The van der Waals surface area contributed by atoms with Gasteiger partial charge in [-0.2, -0.15) is 5.26 Å². The molecule has 0 aliphatic carbocycles. The fraction of sp³-hybridized carbons (Fsp3) is 0.562. The predicted octanol–water partition coefficient (Wildman–Crippen LogP) is 2.50. The van der Waals surface area contributed by atoms with Crippen LogP contribution in [0, 0.1) is 11.3 Å². The number of primary amides is 1. The maximum atomic E-state index is 11.6. The van der Waals surface area contributed by atoms with Gasteiger partial charge < -0.3 is 10.3 Å². The summed E-state index contributed by atoms with van der Waals surface area (Å²) >= 11 is 0. The number of imidazole rings is 1. The molecule has 1 aromatic rings. The van der Waals surface area contributed by atoms with E-state index >= 15 is 0 Å². The third-order valence-electron chi connectivity index (χ3n) is 3.99. The Morgan fingerprint density at radius 2 is 2.38 bits per heavy atom. The number of allylic oxidation sites excluding steroid dienone is 2. The number of nitrogens with zero attached hydrogens (tertiary/aromatic N) is 3. The number of carbonyl (C=O) groups is 1. The van der Waals surface area contributed by atoms with Crippen LogP contribution in [0.1, 0.15) is 61.0 Å². The van der Waals surface area contributed by atoms with Gasteiger partial charge in [-0.05, 0) is 25.7 Å². The molecule has 2 heterocycles. The number of aryl methyl sites for hydroxylation is 1. The Hall–Kier alpha value is -2.09. The van der Waals surface area contributed by atoms with Crippen molar-refractivity contribution in [2.75, 3.05) is 0 Å². The maximum absolute atomic E-state index is 11.6. The molecule has 0 atom stereocenters. The lowest BCUT2D eigenvalue weighted by molar-refractivity contribution is 0.0995. The number of nitriles is 1. The van der Waals surface area contributed by atoms with Gasteiger partial charge in [-0.25, -0.2) is 4.98 Å². The summed E-state index contributed by atoms with van der Waals surface area (Å²) in [6.45, 7) is 3.03. The van der Waals surface area contributed by atoms with Crippen molar-refractivity contribution < 1.29 is 4.79 Å². The van der Waals surface area contributed by atoms with Crippen molar-refractivity contribution in [3.63, 3.8) is 0 Å². The highest BCUT2D eigenvalue weighted by atomic mass is 16.1. The standard InChI is InChI=1S/C16H22N4O/c1-2-12-6-5-11-20-13(9-8-12)15(16(18)21)19-14(20)7-3-4-10-17/h8H,2-7,9,11H2,1H3,(H2,18,21)/b12-8-. The molecule has 0 bridgehead atoms. The molecule has 0 fully saturated rings. The lowest BCUT2D eigenvalue weighted by Crippen LogP contribution is -2.16. The van der Waals surface area contributed by atoms with Gasteiger partial charge in [-0.3, -0.25) is 4.79 Å². The first-order valence-corrected chi connectivity index (χ1v) is 7.60. The molecule has 1 aliphatic heterocycles. The zero-order valence-electron chi connectivity index (χ0n) is 12.6. The minimum Gasteiger partial charge on any atom is -0.364 e. The Labute approximate surface area is 125 Å². The first-order valence-electron chi connectivity index (χ1n) is 7.60. The molecule has 0 aromatic carbocycles. The van der Waals surface area contributed by atoms with Gasteiger partial charge in [0.05, 0.1) is 11.8 Å². The van der Waals surface area contributed by atoms with E-state index in [-0.39, 0.29) is 0 Å². The third-order valence-corrected chi connectivity index (χ3v) is 3.99. The van der Waals surface area contributed by atoms with Crippen LogP contribution >= 0.6 is 0 Å². The van der Waals surface area contributed by atoms with Gasteiger partial charge in [0.1, 0.15) is 11.5 Å². The van der Waals surface area contributed by atoms with E-state index in [2.05, 4.69) is 28.6 Å². The van der Waals surface area contributed by atoms with E-state index in [1.54, 1.807) is 0 Å². The van der Waals surface area contributed by atoms with Crippen LogP contribution in [0.25, 0.3) is 0 Å². The number of unbranched alkanes of at least 4 members (excludes halogenated alkanes) is 1. The summed E-state index contributed by atoms with van der Waals surface area (Å²) in [5.41, 5.74) is 8.24. The van der Waals surface area contributed by atoms with E-state index in [1.807, 2.05) is 0 Å². The second kappa shape index (κ2) is 7.07. The second-order valence-corrected chi connectivity index (χ2v) is 5.37. The number of fused-ring (bicyclic) bond motifs is 1. The van der Waals surface area contributed by atoms with E-state index < -0.39 is 5.91 Å². The molecule has 21 heavy (non-hydrogen) atoms. The predicted molar refractivity (Wildman–Crippen MR) is 80.6 cm³/mol.